The maximum Gasteiger partial charge on any atom is 0.116 e. The first-order chi connectivity index (χ1) is 15.5. The number of aromatic nitrogens is 3. The molecule has 2 aromatic carbocycles. The summed E-state index contributed by atoms with van der Waals surface area (Å²) in [6.07, 6.45) is 4.04. The van der Waals surface area contributed by atoms with Gasteiger partial charge in [-0.15, -0.1) is 0 Å². The van der Waals surface area contributed by atoms with E-state index >= 15 is 0 Å². The lowest BCUT2D eigenvalue weighted by molar-refractivity contribution is 0.0765. The van der Waals surface area contributed by atoms with Crippen LogP contribution in [0, 0.1) is 19.8 Å². The fourth-order valence-corrected chi connectivity index (χ4v) is 4.75. The van der Waals surface area contributed by atoms with Gasteiger partial charge in [-0.1, -0.05) is 29.8 Å². The number of hydrogen-bond donors (Lipinski definition) is 1. The first-order valence-electron chi connectivity index (χ1n) is 11.2. The first kappa shape index (κ1) is 20.8. The lowest BCUT2D eigenvalue weighted by Gasteiger charge is -2.37. The molecule has 4 aromatic rings. The van der Waals surface area contributed by atoms with Gasteiger partial charge in [-0.25, -0.2) is 0 Å². The molecule has 2 aromatic heterocycles. The van der Waals surface area contributed by atoms with Crippen LogP contribution in [0.15, 0.2) is 54.9 Å². The summed E-state index contributed by atoms with van der Waals surface area (Å²) in [4.78, 5) is 2.27. The highest BCUT2D eigenvalue weighted by Crippen LogP contribution is 2.35. The lowest BCUT2D eigenvalue weighted by atomic mass is 10.0. The van der Waals surface area contributed by atoms with Gasteiger partial charge in [0.15, 0.2) is 0 Å². The SMILES string of the molecule is Cc1ccc(-c2c(C)c3cc(O)ccc3n2Cc2cnn(CCN3CC(CF)C3)c2)cc1. The zero-order chi connectivity index (χ0) is 22.2. The Labute approximate surface area is 187 Å². The van der Waals surface area contributed by atoms with E-state index in [0.717, 1.165) is 59.5 Å². The van der Waals surface area contributed by atoms with Crippen molar-refractivity contribution in [2.45, 2.75) is 26.9 Å². The molecular formula is C26H29FN4O. The summed E-state index contributed by atoms with van der Waals surface area (Å²) >= 11 is 0. The van der Waals surface area contributed by atoms with E-state index in [2.05, 4.69) is 58.9 Å². The van der Waals surface area contributed by atoms with Gasteiger partial charge < -0.3 is 14.6 Å². The average molecular weight is 433 g/mol. The normalized spacial score (nSPS) is 14.8. The van der Waals surface area contributed by atoms with E-state index in [1.54, 1.807) is 6.07 Å². The van der Waals surface area contributed by atoms with Gasteiger partial charge in [-0.3, -0.25) is 9.07 Å². The maximum absolute atomic E-state index is 12.6. The third-order valence-electron chi connectivity index (χ3n) is 6.55. The number of alkyl halides is 1. The minimum atomic E-state index is -0.215. The number of nitrogens with zero attached hydrogens (tertiary/aromatic N) is 4. The number of hydrogen-bond acceptors (Lipinski definition) is 3. The highest BCUT2D eigenvalue weighted by atomic mass is 19.1. The molecule has 0 bridgehead atoms. The largest absolute Gasteiger partial charge is 0.508 e. The Morgan fingerprint density at radius 2 is 1.84 bits per heavy atom. The zero-order valence-corrected chi connectivity index (χ0v) is 18.6. The number of likely N-dealkylation sites (tertiary alicyclic amines) is 1. The molecule has 166 valence electrons. The Hall–Kier alpha value is -3.12. The quantitative estimate of drug-likeness (QED) is 0.457. The van der Waals surface area contributed by atoms with E-state index in [-0.39, 0.29) is 18.3 Å². The van der Waals surface area contributed by atoms with Gasteiger partial charge >= 0.3 is 0 Å². The third kappa shape index (κ3) is 3.91. The number of phenolic OH excluding ortho intramolecular Hbond substituents is 1. The molecule has 0 unspecified atom stereocenters. The van der Waals surface area contributed by atoms with E-state index in [0.29, 0.717) is 6.54 Å². The van der Waals surface area contributed by atoms with E-state index in [9.17, 15) is 9.50 Å². The Balaban J connectivity index is 1.43. The van der Waals surface area contributed by atoms with Crippen LogP contribution in [0.5, 0.6) is 5.75 Å². The molecule has 1 fully saturated rings. The fraction of sp³-hybridized carbons (Fsp3) is 0.346. The van der Waals surface area contributed by atoms with E-state index in [1.165, 1.54) is 5.56 Å². The summed E-state index contributed by atoms with van der Waals surface area (Å²) in [6, 6.07) is 14.2. The second kappa shape index (κ2) is 8.43. The summed E-state index contributed by atoms with van der Waals surface area (Å²) in [6.45, 7) is 8.11. The van der Waals surface area contributed by atoms with Crippen LogP contribution in [0.4, 0.5) is 4.39 Å². The summed E-state index contributed by atoms with van der Waals surface area (Å²) in [7, 11) is 0. The molecule has 0 radical (unpaired) electrons. The molecule has 1 saturated heterocycles. The van der Waals surface area contributed by atoms with Crippen molar-refractivity contribution in [3.63, 3.8) is 0 Å². The number of fused-ring (bicyclic) bond motifs is 1. The minimum absolute atomic E-state index is 0.215. The van der Waals surface area contributed by atoms with Crippen molar-refractivity contribution < 1.29 is 9.50 Å². The topological polar surface area (TPSA) is 46.2 Å². The van der Waals surface area contributed by atoms with Crippen LogP contribution in [0.3, 0.4) is 0 Å². The number of benzene rings is 2. The number of aryl methyl sites for hydroxylation is 2. The van der Waals surface area contributed by atoms with Crippen molar-refractivity contribution >= 4 is 10.9 Å². The van der Waals surface area contributed by atoms with Gasteiger partial charge in [0.25, 0.3) is 0 Å². The van der Waals surface area contributed by atoms with Gasteiger partial charge in [0, 0.05) is 48.2 Å². The van der Waals surface area contributed by atoms with Gasteiger partial charge in [0.1, 0.15) is 5.75 Å². The third-order valence-corrected chi connectivity index (χ3v) is 6.55. The highest BCUT2D eigenvalue weighted by Gasteiger charge is 2.25. The molecule has 3 heterocycles. The molecule has 5 nitrogen and oxygen atoms in total. The molecule has 0 saturated carbocycles. The number of rotatable bonds is 7. The lowest BCUT2D eigenvalue weighted by Crippen LogP contribution is -2.48. The van der Waals surface area contributed by atoms with Gasteiger partial charge in [0.2, 0.25) is 0 Å². The second-order valence-corrected chi connectivity index (χ2v) is 9.02. The van der Waals surface area contributed by atoms with Crippen molar-refractivity contribution in [1.29, 1.82) is 0 Å². The van der Waals surface area contributed by atoms with Gasteiger partial charge in [-0.05, 0) is 43.2 Å². The molecule has 6 heteroatoms. The monoisotopic (exact) mass is 432 g/mol. The number of aromatic hydroxyl groups is 1. The number of halogens is 1. The highest BCUT2D eigenvalue weighted by molar-refractivity contribution is 5.92. The second-order valence-electron chi connectivity index (χ2n) is 9.02. The van der Waals surface area contributed by atoms with Crippen molar-refractivity contribution in [3.05, 3.63) is 71.5 Å². The van der Waals surface area contributed by atoms with E-state index < -0.39 is 0 Å². The van der Waals surface area contributed by atoms with E-state index in [1.807, 2.05) is 23.0 Å². The first-order valence-corrected chi connectivity index (χ1v) is 11.2. The Morgan fingerprint density at radius 3 is 2.59 bits per heavy atom. The fourth-order valence-electron chi connectivity index (χ4n) is 4.75. The predicted octanol–water partition coefficient (Wildman–Crippen LogP) is 4.78. The predicted molar refractivity (Wildman–Crippen MR) is 126 cm³/mol. The number of phenols is 1. The van der Waals surface area contributed by atoms with Crippen LogP contribution in [-0.4, -0.2) is 50.7 Å². The Morgan fingerprint density at radius 1 is 1.06 bits per heavy atom. The Bertz CT molecular complexity index is 1230. The summed E-state index contributed by atoms with van der Waals surface area (Å²) in [5.74, 6) is 0.495. The summed E-state index contributed by atoms with van der Waals surface area (Å²) in [5, 5.41) is 15.7. The van der Waals surface area contributed by atoms with Crippen molar-refractivity contribution in [3.8, 4) is 17.0 Å². The van der Waals surface area contributed by atoms with Crippen LogP contribution in [0.2, 0.25) is 0 Å². The molecule has 32 heavy (non-hydrogen) atoms. The minimum Gasteiger partial charge on any atom is -0.508 e. The zero-order valence-electron chi connectivity index (χ0n) is 18.6. The van der Waals surface area contributed by atoms with Crippen molar-refractivity contribution in [1.82, 2.24) is 19.2 Å². The van der Waals surface area contributed by atoms with Gasteiger partial charge in [0.05, 0.1) is 31.7 Å². The molecule has 1 N–H and O–H groups in total. The standard InChI is InChI=1S/C26H29FN4O/c1-18-3-5-22(6-4-18)26-19(2)24-11-23(32)7-8-25(24)31(26)17-21-13-28-30(16-21)10-9-29-14-20(12-27)15-29/h3-8,11,13,16,20,32H,9-10,12,14-15,17H2,1-2H3. The van der Waals surface area contributed by atoms with Crippen LogP contribution >= 0.6 is 0 Å². The average Bonchev–Trinajstić information content (AvgIpc) is 3.31. The molecule has 0 amide bonds. The summed E-state index contributed by atoms with van der Waals surface area (Å²) in [5.41, 5.74) is 6.95. The molecule has 0 atom stereocenters. The van der Waals surface area contributed by atoms with E-state index in [4.69, 9.17) is 0 Å². The molecule has 5 rings (SSSR count). The van der Waals surface area contributed by atoms with Gasteiger partial charge in [-0.2, -0.15) is 5.10 Å². The summed E-state index contributed by atoms with van der Waals surface area (Å²) < 4.78 is 16.9. The van der Waals surface area contributed by atoms with Crippen LogP contribution in [-0.2, 0) is 13.1 Å². The molecule has 1 aliphatic rings. The van der Waals surface area contributed by atoms with Crippen LogP contribution in [0.1, 0.15) is 16.7 Å². The van der Waals surface area contributed by atoms with Crippen LogP contribution < -0.4 is 0 Å². The molecule has 0 aliphatic carbocycles. The molecule has 1 aliphatic heterocycles. The van der Waals surface area contributed by atoms with Crippen LogP contribution in [0.25, 0.3) is 22.2 Å². The molecular weight excluding hydrogens is 403 g/mol. The molecule has 0 spiro atoms. The maximum atomic E-state index is 12.6. The van der Waals surface area contributed by atoms with Crippen molar-refractivity contribution in [2.75, 3.05) is 26.3 Å². The Kier molecular flexibility index (Phi) is 5.47. The smallest absolute Gasteiger partial charge is 0.116 e. The van der Waals surface area contributed by atoms with Crippen molar-refractivity contribution in [2.24, 2.45) is 5.92 Å².